The van der Waals surface area contributed by atoms with Crippen molar-refractivity contribution in [2.45, 2.75) is 65.1 Å². The van der Waals surface area contributed by atoms with Crippen molar-refractivity contribution in [1.29, 1.82) is 0 Å². The zero-order valence-corrected chi connectivity index (χ0v) is 10.4. The van der Waals surface area contributed by atoms with Crippen molar-refractivity contribution in [3.8, 4) is 0 Å². The standard InChI is InChI=1S/C13H24O2/c1-9(14)7-13(15)8-10-5-6-12(13,4)11(10,2)3/h9-10,14-15H,5-8H2,1-4H3/t9-,10+,12+,13+/m0/s1. The maximum absolute atomic E-state index is 10.8. The van der Waals surface area contributed by atoms with Gasteiger partial charge in [-0.05, 0) is 37.5 Å². The van der Waals surface area contributed by atoms with Gasteiger partial charge >= 0.3 is 0 Å². The van der Waals surface area contributed by atoms with Gasteiger partial charge in [-0.2, -0.15) is 0 Å². The first-order chi connectivity index (χ1) is 6.73. The Morgan fingerprint density at radius 2 is 1.93 bits per heavy atom. The Labute approximate surface area is 92.7 Å². The maximum Gasteiger partial charge on any atom is 0.0733 e. The lowest BCUT2D eigenvalue weighted by molar-refractivity contribution is -0.112. The molecule has 4 atom stereocenters. The van der Waals surface area contributed by atoms with Crippen LogP contribution in [0.1, 0.15) is 53.4 Å². The van der Waals surface area contributed by atoms with Crippen LogP contribution in [0.4, 0.5) is 0 Å². The Balaban J connectivity index is 2.32. The van der Waals surface area contributed by atoms with E-state index in [4.69, 9.17) is 0 Å². The first-order valence-electron chi connectivity index (χ1n) is 6.13. The molecule has 88 valence electrons. The van der Waals surface area contributed by atoms with Crippen LogP contribution < -0.4 is 0 Å². The van der Waals surface area contributed by atoms with Crippen LogP contribution in [-0.4, -0.2) is 21.9 Å². The fraction of sp³-hybridized carbons (Fsp3) is 1.00. The molecule has 2 N–H and O–H groups in total. The van der Waals surface area contributed by atoms with Gasteiger partial charge in [-0.15, -0.1) is 0 Å². The van der Waals surface area contributed by atoms with Crippen LogP contribution in [0.2, 0.25) is 0 Å². The molecule has 0 spiro atoms. The number of hydrogen-bond donors (Lipinski definition) is 2. The number of rotatable bonds is 2. The van der Waals surface area contributed by atoms with E-state index in [0.717, 1.165) is 12.8 Å². The highest BCUT2D eigenvalue weighted by molar-refractivity contribution is 5.17. The summed E-state index contributed by atoms with van der Waals surface area (Å²) in [4.78, 5) is 0. The molecule has 2 saturated carbocycles. The second-order valence-electron chi connectivity index (χ2n) is 6.58. The minimum absolute atomic E-state index is 0.0122. The summed E-state index contributed by atoms with van der Waals surface area (Å²) in [6, 6.07) is 0. The number of fused-ring (bicyclic) bond motifs is 2. The van der Waals surface area contributed by atoms with Crippen molar-refractivity contribution < 1.29 is 10.2 Å². The van der Waals surface area contributed by atoms with Crippen LogP contribution >= 0.6 is 0 Å². The Morgan fingerprint density at radius 3 is 2.27 bits per heavy atom. The minimum atomic E-state index is -0.645. The summed E-state index contributed by atoms with van der Waals surface area (Å²) < 4.78 is 0. The van der Waals surface area contributed by atoms with Crippen LogP contribution in [0.5, 0.6) is 0 Å². The lowest BCUT2D eigenvalue weighted by atomic mass is 9.63. The van der Waals surface area contributed by atoms with E-state index in [1.54, 1.807) is 6.92 Å². The quantitative estimate of drug-likeness (QED) is 0.737. The molecule has 0 amide bonds. The molecule has 2 aliphatic carbocycles. The fourth-order valence-corrected chi connectivity index (χ4v) is 4.22. The Kier molecular flexibility index (Phi) is 2.27. The van der Waals surface area contributed by atoms with Crippen LogP contribution in [-0.2, 0) is 0 Å². The fourth-order valence-electron chi connectivity index (χ4n) is 4.22. The van der Waals surface area contributed by atoms with Gasteiger partial charge in [-0.1, -0.05) is 20.8 Å². The van der Waals surface area contributed by atoms with Crippen LogP contribution in [0.15, 0.2) is 0 Å². The Hall–Kier alpha value is -0.0800. The monoisotopic (exact) mass is 212 g/mol. The van der Waals surface area contributed by atoms with E-state index in [0.29, 0.717) is 12.3 Å². The molecule has 2 heteroatoms. The van der Waals surface area contributed by atoms with E-state index in [1.807, 2.05) is 0 Å². The van der Waals surface area contributed by atoms with Crippen molar-refractivity contribution >= 4 is 0 Å². The third-order valence-electron chi connectivity index (χ3n) is 5.68. The van der Waals surface area contributed by atoms with Crippen molar-refractivity contribution in [2.75, 3.05) is 0 Å². The molecule has 2 bridgehead atoms. The maximum atomic E-state index is 10.8. The summed E-state index contributed by atoms with van der Waals surface area (Å²) in [5.74, 6) is 0.631. The highest BCUT2D eigenvalue weighted by atomic mass is 16.3. The average molecular weight is 212 g/mol. The van der Waals surface area contributed by atoms with Crippen molar-refractivity contribution in [3.05, 3.63) is 0 Å². The molecule has 2 nitrogen and oxygen atoms in total. The predicted octanol–water partition coefficient (Wildman–Crippen LogP) is 2.33. The average Bonchev–Trinajstić information content (AvgIpc) is 2.34. The summed E-state index contributed by atoms with van der Waals surface area (Å²) in [6.07, 6.45) is 3.35. The molecular weight excluding hydrogens is 188 g/mol. The second kappa shape index (κ2) is 2.98. The molecule has 0 unspecified atom stereocenters. The van der Waals surface area contributed by atoms with Gasteiger partial charge in [0.05, 0.1) is 11.7 Å². The Morgan fingerprint density at radius 1 is 1.33 bits per heavy atom. The van der Waals surface area contributed by atoms with Gasteiger partial charge < -0.3 is 10.2 Å². The van der Waals surface area contributed by atoms with Gasteiger partial charge in [0.1, 0.15) is 0 Å². The van der Waals surface area contributed by atoms with E-state index >= 15 is 0 Å². The lowest BCUT2D eigenvalue weighted by Gasteiger charge is -2.46. The third kappa shape index (κ3) is 1.24. The van der Waals surface area contributed by atoms with Gasteiger partial charge in [-0.25, -0.2) is 0 Å². The van der Waals surface area contributed by atoms with Gasteiger partial charge in [0.15, 0.2) is 0 Å². The molecule has 15 heavy (non-hydrogen) atoms. The molecule has 0 aromatic heterocycles. The first kappa shape index (κ1) is 11.4. The lowest BCUT2D eigenvalue weighted by Crippen LogP contribution is -2.48. The first-order valence-corrected chi connectivity index (χ1v) is 6.13. The molecule has 0 aliphatic heterocycles. The molecule has 2 fully saturated rings. The summed E-state index contributed by atoms with van der Waals surface area (Å²) in [5, 5.41) is 20.3. The number of aliphatic hydroxyl groups excluding tert-OH is 1. The minimum Gasteiger partial charge on any atom is -0.393 e. The van der Waals surface area contributed by atoms with Crippen LogP contribution in [0.3, 0.4) is 0 Å². The smallest absolute Gasteiger partial charge is 0.0733 e. The van der Waals surface area contributed by atoms with Gasteiger partial charge in [0, 0.05) is 11.8 Å². The molecular formula is C13H24O2. The van der Waals surface area contributed by atoms with E-state index < -0.39 is 11.7 Å². The zero-order valence-electron chi connectivity index (χ0n) is 10.4. The largest absolute Gasteiger partial charge is 0.393 e. The van der Waals surface area contributed by atoms with Crippen molar-refractivity contribution in [2.24, 2.45) is 16.7 Å². The van der Waals surface area contributed by atoms with E-state index in [-0.39, 0.29) is 10.8 Å². The molecule has 0 saturated heterocycles. The molecule has 0 heterocycles. The summed E-state index contributed by atoms with van der Waals surface area (Å²) in [7, 11) is 0. The van der Waals surface area contributed by atoms with E-state index in [1.165, 1.54) is 6.42 Å². The van der Waals surface area contributed by atoms with Gasteiger partial charge in [0.25, 0.3) is 0 Å². The summed E-state index contributed by atoms with van der Waals surface area (Å²) >= 11 is 0. The summed E-state index contributed by atoms with van der Waals surface area (Å²) in [5.41, 5.74) is -0.439. The zero-order chi connectivity index (χ0) is 11.5. The number of aliphatic hydroxyl groups is 2. The summed E-state index contributed by atoms with van der Waals surface area (Å²) in [6.45, 7) is 8.55. The predicted molar refractivity (Wildman–Crippen MR) is 60.5 cm³/mol. The molecule has 2 rings (SSSR count). The second-order valence-corrected chi connectivity index (χ2v) is 6.58. The molecule has 2 aliphatic rings. The third-order valence-corrected chi connectivity index (χ3v) is 5.68. The van der Waals surface area contributed by atoms with E-state index in [9.17, 15) is 10.2 Å². The number of hydrogen-bond acceptors (Lipinski definition) is 2. The topological polar surface area (TPSA) is 40.5 Å². The normalized spacial score (nSPS) is 49.6. The van der Waals surface area contributed by atoms with Gasteiger partial charge in [-0.3, -0.25) is 0 Å². The van der Waals surface area contributed by atoms with Gasteiger partial charge in [0.2, 0.25) is 0 Å². The molecule has 0 aromatic rings. The van der Waals surface area contributed by atoms with E-state index in [2.05, 4.69) is 20.8 Å². The Bertz CT molecular complexity index is 272. The van der Waals surface area contributed by atoms with Crippen LogP contribution in [0.25, 0.3) is 0 Å². The SMILES string of the molecule is C[C@H](O)C[C@@]1(O)C[C@H]2CC[C@]1(C)C2(C)C. The molecule has 0 radical (unpaired) electrons. The van der Waals surface area contributed by atoms with Crippen LogP contribution in [0, 0.1) is 16.7 Å². The molecule has 0 aromatic carbocycles. The van der Waals surface area contributed by atoms with Crippen molar-refractivity contribution in [3.63, 3.8) is 0 Å². The van der Waals surface area contributed by atoms with Crippen molar-refractivity contribution in [1.82, 2.24) is 0 Å². The highest BCUT2D eigenvalue weighted by Crippen LogP contribution is 2.70. The highest BCUT2D eigenvalue weighted by Gasteiger charge is 2.68.